The van der Waals surface area contributed by atoms with Crippen LogP contribution in [0, 0.1) is 0 Å². The minimum absolute atomic E-state index is 0.0101. The average molecular weight is 158 g/mol. The summed E-state index contributed by atoms with van der Waals surface area (Å²) in [6, 6.07) is -0.190. The largest absolute Gasteiger partial charge is 0.392 e. The summed E-state index contributed by atoms with van der Waals surface area (Å²) in [7, 11) is 0. The van der Waals surface area contributed by atoms with E-state index in [1.54, 1.807) is 0 Å². The first-order valence-corrected chi connectivity index (χ1v) is 3.93. The normalized spacial score (nSPS) is 30.4. The zero-order valence-corrected chi connectivity index (χ0v) is 6.63. The fourth-order valence-electron chi connectivity index (χ4n) is 1.21. The smallest absolute Gasteiger partial charge is 0.237 e. The van der Waals surface area contributed by atoms with Crippen LogP contribution in [0.3, 0.4) is 0 Å². The van der Waals surface area contributed by atoms with E-state index in [0.717, 1.165) is 0 Å². The zero-order valence-electron chi connectivity index (χ0n) is 6.63. The molecule has 1 saturated heterocycles. The molecule has 0 bridgehead atoms. The first-order valence-electron chi connectivity index (χ1n) is 3.93. The Bertz CT molecular complexity index is 149. The van der Waals surface area contributed by atoms with Gasteiger partial charge in [-0.1, -0.05) is 0 Å². The van der Waals surface area contributed by atoms with Gasteiger partial charge in [0.1, 0.15) is 0 Å². The minimum Gasteiger partial charge on any atom is -0.392 e. The molecule has 1 aliphatic rings. The van der Waals surface area contributed by atoms with Gasteiger partial charge in [-0.3, -0.25) is 4.79 Å². The molecule has 1 heterocycles. The first-order chi connectivity index (χ1) is 5.24. The highest BCUT2D eigenvalue weighted by atomic mass is 16.3. The number of amides is 1. The highest BCUT2D eigenvalue weighted by Crippen LogP contribution is 2.05. The van der Waals surface area contributed by atoms with Crippen molar-refractivity contribution in [3.63, 3.8) is 0 Å². The van der Waals surface area contributed by atoms with Crippen molar-refractivity contribution in [3.05, 3.63) is 0 Å². The molecule has 1 rings (SSSR count). The van der Waals surface area contributed by atoms with E-state index in [1.165, 1.54) is 0 Å². The Labute approximate surface area is 66.0 Å². The van der Waals surface area contributed by atoms with Gasteiger partial charge in [0, 0.05) is 13.1 Å². The third-order valence-corrected chi connectivity index (χ3v) is 1.78. The van der Waals surface area contributed by atoms with Gasteiger partial charge in [0.25, 0.3) is 0 Å². The monoisotopic (exact) mass is 158 g/mol. The van der Waals surface area contributed by atoms with E-state index in [2.05, 4.69) is 10.6 Å². The maximum absolute atomic E-state index is 11.1. The molecule has 0 aromatic rings. The standard InChI is InChI=1S/C7H14N2O2/c1-2-8-7(11)6-3-5(10)4-9-6/h5-6,9-10H,2-4H2,1H3,(H,8,11)/t5-,6+/m0/s1. The number of likely N-dealkylation sites (N-methyl/N-ethyl adjacent to an activating group) is 1. The number of β-amino-alcohol motifs (C(OH)–C–C–N with tert-alkyl or cyclic N) is 1. The first kappa shape index (κ1) is 8.49. The molecule has 0 spiro atoms. The summed E-state index contributed by atoms with van der Waals surface area (Å²) in [4.78, 5) is 11.1. The molecule has 0 saturated carbocycles. The molecular weight excluding hydrogens is 144 g/mol. The Morgan fingerprint density at radius 2 is 2.55 bits per heavy atom. The van der Waals surface area contributed by atoms with E-state index in [0.29, 0.717) is 19.5 Å². The van der Waals surface area contributed by atoms with Gasteiger partial charge in [0.15, 0.2) is 0 Å². The number of carbonyl (C=O) groups excluding carboxylic acids is 1. The molecule has 0 radical (unpaired) electrons. The highest BCUT2D eigenvalue weighted by Gasteiger charge is 2.27. The van der Waals surface area contributed by atoms with Gasteiger partial charge in [-0.15, -0.1) is 0 Å². The van der Waals surface area contributed by atoms with Crippen LogP contribution in [0.1, 0.15) is 13.3 Å². The summed E-state index contributed by atoms with van der Waals surface area (Å²) in [6.45, 7) is 3.05. The number of hydrogen-bond acceptors (Lipinski definition) is 3. The van der Waals surface area contributed by atoms with Crippen molar-refractivity contribution in [1.29, 1.82) is 0 Å². The topological polar surface area (TPSA) is 61.4 Å². The molecule has 1 aliphatic heterocycles. The number of nitrogens with one attached hydrogen (secondary N) is 2. The van der Waals surface area contributed by atoms with E-state index in [9.17, 15) is 4.79 Å². The van der Waals surface area contributed by atoms with Crippen LogP contribution >= 0.6 is 0 Å². The molecule has 4 heteroatoms. The van der Waals surface area contributed by atoms with E-state index < -0.39 is 0 Å². The molecule has 4 nitrogen and oxygen atoms in total. The fraction of sp³-hybridized carbons (Fsp3) is 0.857. The molecule has 64 valence electrons. The van der Waals surface area contributed by atoms with Crippen LogP contribution in [0.4, 0.5) is 0 Å². The third-order valence-electron chi connectivity index (χ3n) is 1.78. The van der Waals surface area contributed by atoms with Gasteiger partial charge in [-0.2, -0.15) is 0 Å². The van der Waals surface area contributed by atoms with Crippen LogP contribution < -0.4 is 10.6 Å². The van der Waals surface area contributed by atoms with Crippen molar-refractivity contribution in [2.24, 2.45) is 0 Å². The van der Waals surface area contributed by atoms with Crippen molar-refractivity contribution in [2.75, 3.05) is 13.1 Å². The van der Waals surface area contributed by atoms with Gasteiger partial charge in [0.2, 0.25) is 5.91 Å². The van der Waals surface area contributed by atoms with Gasteiger partial charge in [-0.05, 0) is 13.3 Å². The maximum Gasteiger partial charge on any atom is 0.237 e. The van der Waals surface area contributed by atoms with Crippen LogP contribution in [-0.2, 0) is 4.79 Å². The fourth-order valence-corrected chi connectivity index (χ4v) is 1.21. The third kappa shape index (κ3) is 2.17. The lowest BCUT2D eigenvalue weighted by molar-refractivity contribution is -0.122. The molecule has 3 N–H and O–H groups in total. The summed E-state index contributed by atoms with van der Waals surface area (Å²) >= 11 is 0. The Kier molecular flexibility index (Phi) is 2.84. The van der Waals surface area contributed by atoms with Crippen molar-refractivity contribution < 1.29 is 9.90 Å². The second kappa shape index (κ2) is 3.69. The molecule has 11 heavy (non-hydrogen) atoms. The Morgan fingerprint density at radius 1 is 1.82 bits per heavy atom. The summed E-state index contributed by atoms with van der Waals surface area (Å²) < 4.78 is 0. The Hall–Kier alpha value is -0.610. The van der Waals surface area contributed by atoms with E-state index >= 15 is 0 Å². The predicted molar refractivity (Wildman–Crippen MR) is 41.1 cm³/mol. The molecule has 1 amide bonds. The van der Waals surface area contributed by atoms with Gasteiger partial charge < -0.3 is 15.7 Å². The summed E-state index contributed by atoms with van der Waals surface area (Å²) in [5.74, 6) is -0.0101. The molecule has 0 aromatic carbocycles. The van der Waals surface area contributed by atoms with Crippen LogP contribution in [0.5, 0.6) is 0 Å². The molecular formula is C7H14N2O2. The zero-order chi connectivity index (χ0) is 8.27. The Morgan fingerprint density at radius 3 is 3.00 bits per heavy atom. The number of rotatable bonds is 2. The van der Waals surface area contributed by atoms with Crippen LogP contribution in [0.25, 0.3) is 0 Å². The molecule has 0 unspecified atom stereocenters. The molecule has 1 fully saturated rings. The lowest BCUT2D eigenvalue weighted by Gasteiger charge is -2.08. The number of carbonyl (C=O) groups is 1. The average Bonchev–Trinajstić information content (AvgIpc) is 2.36. The van der Waals surface area contributed by atoms with Crippen LogP contribution in [0.2, 0.25) is 0 Å². The van der Waals surface area contributed by atoms with Crippen LogP contribution in [-0.4, -0.2) is 36.2 Å². The molecule has 0 aliphatic carbocycles. The quantitative estimate of drug-likeness (QED) is 0.475. The SMILES string of the molecule is CCNC(=O)[C@H]1C[C@H](O)CN1. The predicted octanol–water partition coefficient (Wildman–Crippen LogP) is -1.15. The van der Waals surface area contributed by atoms with Crippen molar-refractivity contribution in [1.82, 2.24) is 10.6 Å². The lowest BCUT2D eigenvalue weighted by atomic mass is 10.2. The summed E-state index contributed by atoms with van der Waals surface area (Å²) in [6.07, 6.45) is 0.175. The van der Waals surface area contributed by atoms with Gasteiger partial charge in [0.05, 0.1) is 12.1 Å². The maximum atomic E-state index is 11.1. The highest BCUT2D eigenvalue weighted by molar-refractivity contribution is 5.82. The van der Waals surface area contributed by atoms with Crippen molar-refractivity contribution in [2.45, 2.75) is 25.5 Å². The van der Waals surface area contributed by atoms with E-state index in [1.807, 2.05) is 6.92 Å². The lowest BCUT2D eigenvalue weighted by Crippen LogP contribution is -2.40. The number of aliphatic hydroxyl groups is 1. The minimum atomic E-state index is -0.359. The molecule has 2 atom stereocenters. The van der Waals surface area contributed by atoms with Gasteiger partial charge in [-0.25, -0.2) is 0 Å². The molecule has 0 aromatic heterocycles. The second-order valence-electron chi connectivity index (χ2n) is 2.74. The summed E-state index contributed by atoms with van der Waals surface area (Å²) in [5.41, 5.74) is 0. The van der Waals surface area contributed by atoms with Crippen molar-refractivity contribution >= 4 is 5.91 Å². The van der Waals surface area contributed by atoms with E-state index in [4.69, 9.17) is 5.11 Å². The van der Waals surface area contributed by atoms with E-state index in [-0.39, 0.29) is 18.1 Å². The Balaban J connectivity index is 2.31. The number of hydrogen-bond donors (Lipinski definition) is 3. The second-order valence-corrected chi connectivity index (χ2v) is 2.74. The number of aliphatic hydroxyl groups excluding tert-OH is 1. The van der Waals surface area contributed by atoms with Crippen LogP contribution in [0.15, 0.2) is 0 Å². The van der Waals surface area contributed by atoms with Crippen molar-refractivity contribution in [3.8, 4) is 0 Å². The van der Waals surface area contributed by atoms with Gasteiger partial charge >= 0.3 is 0 Å². The summed E-state index contributed by atoms with van der Waals surface area (Å²) in [5, 5.41) is 14.7.